The normalized spacial score (nSPS) is 11.8. The lowest BCUT2D eigenvalue weighted by Crippen LogP contribution is -2.09. The summed E-state index contributed by atoms with van der Waals surface area (Å²) in [7, 11) is -11.3. The van der Waals surface area contributed by atoms with Gasteiger partial charge >= 0.3 is 0 Å². The predicted molar refractivity (Wildman–Crippen MR) is 210 cm³/mol. The van der Waals surface area contributed by atoms with Crippen LogP contribution >= 0.6 is 0 Å². The number of rotatable bonds is 18. The van der Waals surface area contributed by atoms with E-state index in [2.05, 4.69) is 0 Å². The molecule has 0 saturated carbocycles. The van der Waals surface area contributed by atoms with Crippen molar-refractivity contribution in [2.75, 3.05) is 26.4 Å². The maximum absolute atomic E-state index is 13.2. The van der Waals surface area contributed by atoms with Crippen LogP contribution < -0.4 is 18.9 Å². The van der Waals surface area contributed by atoms with Crippen molar-refractivity contribution in [3.05, 3.63) is 146 Å². The molecule has 0 aliphatic heterocycles. The number of sulfone groups is 3. The molecule has 0 heterocycles. The molecule has 0 atom stereocenters. The highest BCUT2D eigenvalue weighted by molar-refractivity contribution is 7.92. The zero-order valence-corrected chi connectivity index (χ0v) is 32.8. The molecule has 296 valence electrons. The molecule has 6 aromatic carbocycles. The highest BCUT2D eigenvalue weighted by Crippen LogP contribution is 2.28. The molecule has 0 aliphatic rings. The first kappa shape index (κ1) is 40.6. The Morgan fingerprint density at radius 3 is 0.719 bits per heavy atom. The van der Waals surface area contributed by atoms with Gasteiger partial charge in [-0.25, -0.2) is 25.3 Å². The van der Waals surface area contributed by atoms with Gasteiger partial charge in [0.25, 0.3) is 0 Å². The molecule has 0 aliphatic carbocycles. The van der Waals surface area contributed by atoms with E-state index >= 15 is 0 Å². The van der Waals surface area contributed by atoms with Gasteiger partial charge in [0.1, 0.15) is 47.7 Å². The Labute approximate surface area is 331 Å². The van der Waals surface area contributed by atoms with E-state index in [0.29, 0.717) is 49.1 Å². The van der Waals surface area contributed by atoms with Gasteiger partial charge in [-0.05, 0) is 158 Å². The van der Waals surface area contributed by atoms with Crippen molar-refractivity contribution in [3.63, 3.8) is 0 Å². The Hall–Kier alpha value is -6.03. The number of benzene rings is 6. The van der Waals surface area contributed by atoms with Crippen molar-refractivity contribution in [1.82, 2.24) is 0 Å². The van der Waals surface area contributed by atoms with E-state index in [1.165, 1.54) is 109 Å². The molecule has 0 unspecified atom stereocenters. The molecular formula is C42H38O12S3. The lowest BCUT2D eigenvalue weighted by molar-refractivity contribution is 0.217. The zero-order chi connectivity index (χ0) is 40.5. The van der Waals surface area contributed by atoms with E-state index in [0.717, 1.165) is 0 Å². The topological polar surface area (TPSA) is 180 Å². The summed E-state index contributed by atoms with van der Waals surface area (Å²) < 4.78 is 101. The van der Waals surface area contributed by atoms with Crippen LogP contribution in [0.5, 0.6) is 34.5 Å². The van der Waals surface area contributed by atoms with E-state index in [1.54, 1.807) is 36.4 Å². The molecule has 0 saturated heterocycles. The third kappa shape index (κ3) is 10.2. The summed E-state index contributed by atoms with van der Waals surface area (Å²) in [6.07, 6.45) is 1.33. The third-order valence-corrected chi connectivity index (χ3v) is 13.9. The van der Waals surface area contributed by atoms with Crippen LogP contribution in [0.1, 0.15) is 12.8 Å². The third-order valence-electron chi connectivity index (χ3n) is 8.53. The Morgan fingerprint density at radius 2 is 0.491 bits per heavy atom. The fraction of sp³-hybridized carbons (Fsp3) is 0.143. The van der Waals surface area contributed by atoms with Crippen molar-refractivity contribution in [3.8, 4) is 34.5 Å². The summed E-state index contributed by atoms with van der Waals surface area (Å²) in [4.78, 5) is 0.539. The molecule has 6 rings (SSSR count). The van der Waals surface area contributed by atoms with Crippen molar-refractivity contribution in [2.24, 2.45) is 0 Å². The smallest absolute Gasteiger partial charge is 0.206 e. The Morgan fingerprint density at radius 1 is 0.298 bits per heavy atom. The molecule has 0 fully saturated rings. The summed E-state index contributed by atoms with van der Waals surface area (Å²) >= 11 is 0. The predicted octanol–water partition coefficient (Wildman–Crippen LogP) is 7.29. The molecule has 57 heavy (non-hydrogen) atoms. The average molecular weight is 831 g/mol. The number of phenolic OH excluding ortho intramolecular Hbond substituents is 2. The minimum atomic E-state index is -3.80. The first-order valence-electron chi connectivity index (χ1n) is 17.6. The summed E-state index contributed by atoms with van der Waals surface area (Å²) in [5.74, 6) is 1.88. The van der Waals surface area contributed by atoms with E-state index in [4.69, 9.17) is 18.9 Å². The molecule has 0 spiro atoms. The molecular weight excluding hydrogens is 793 g/mol. The fourth-order valence-electron chi connectivity index (χ4n) is 5.42. The molecule has 15 heteroatoms. The van der Waals surface area contributed by atoms with Crippen molar-refractivity contribution >= 4 is 29.5 Å². The first-order chi connectivity index (χ1) is 27.3. The van der Waals surface area contributed by atoms with Gasteiger partial charge in [-0.2, -0.15) is 0 Å². The number of hydrogen-bond acceptors (Lipinski definition) is 12. The van der Waals surface area contributed by atoms with E-state index < -0.39 is 29.5 Å². The second-order valence-corrected chi connectivity index (χ2v) is 18.3. The summed E-state index contributed by atoms with van der Waals surface area (Å²) in [5, 5.41) is 18.8. The number of hydrogen-bond donors (Lipinski definition) is 2. The summed E-state index contributed by atoms with van der Waals surface area (Å²) in [6.45, 7) is 1.07. The fourth-order valence-corrected chi connectivity index (χ4v) is 9.20. The largest absolute Gasteiger partial charge is 0.508 e. The van der Waals surface area contributed by atoms with Gasteiger partial charge in [-0.3, -0.25) is 0 Å². The average Bonchev–Trinajstić information content (AvgIpc) is 3.22. The number of phenols is 2. The summed E-state index contributed by atoms with van der Waals surface area (Å²) in [5.41, 5.74) is 0. The van der Waals surface area contributed by atoms with Crippen LogP contribution in [-0.4, -0.2) is 61.9 Å². The van der Waals surface area contributed by atoms with Crippen LogP contribution in [0.4, 0.5) is 0 Å². The van der Waals surface area contributed by atoms with Gasteiger partial charge in [0.05, 0.1) is 42.6 Å². The van der Waals surface area contributed by atoms with Crippen LogP contribution in [0.15, 0.2) is 175 Å². The van der Waals surface area contributed by atoms with Gasteiger partial charge in [-0.15, -0.1) is 0 Å². The standard InChI is InChI=1S/C42H38O12S3/c43-31-3-15-37(16-4-31)55(45,46)39-19-7-33(8-20-39)51-27-1-2-28-52-34-9-21-41(22-10-34)57(49,50)42-25-13-36(14-26-42)54-30-29-53-35-11-23-40(24-12-35)56(47,48)38-17-5-32(44)6-18-38/h3-26,43-44H,1-2,27-30H2. The second-order valence-electron chi connectivity index (χ2n) is 12.5. The monoisotopic (exact) mass is 830 g/mol. The first-order valence-corrected chi connectivity index (χ1v) is 22.0. The zero-order valence-electron chi connectivity index (χ0n) is 30.3. The molecule has 0 radical (unpaired) electrons. The van der Waals surface area contributed by atoms with E-state index in [1.807, 2.05) is 0 Å². The van der Waals surface area contributed by atoms with Crippen molar-refractivity contribution < 1.29 is 54.4 Å². The highest BCUT2D eigenvalue weighted by atomic mass is 32.2. The lowest BCUT2D eigenvalue weighted by atomic mass is 10.3. The van der Waals surface area contributed by atoms with Gasteiger partial charge < -0.3 is 29.2 Å². The molecule has 12 nitrogen and oxygen atoms in total. The molecule has 6 aromatic rings. The van der Waals surface area contributed by atoms with Gasteiger partial charge in [0.15, 0.2) is 0 Å². The van der Waals surface area contributed by atoms with Crippen LogP contribution in [0.2, 0.25) is 0 Å². The highest BCUT2D eigenvalue weighted by Gasteiger charge is 2.20. The molecule has 0 aromatic heterocycles. The van der Waals surface area contributed by atoms with Gasteiger partial charge in [-0.1, -0.05) is 0 Å². The Kier molecular flexibility index (Phi) is 12.7. The van der Waals surface area contributed by atoms with E-state index in [-0.39, 0.29) is 54.1 Å². The SMILES string of the molecule is O=S(=O)(c1ccc(O)cc1)c1ccc(OCCCCOc2ccc(S(=O)(=O)c3ccc(OCCOc4ccc(S(=O)(=O)c5ccc(O)cc5)cc4)cc3)cc2)cc1. The maximum Gasteiger partial charge on any atom is 0.206 e. The van der Waals surface area contributed by atoms with Crippen LogP contribution in [0, 0.1) is 0 Å². The number of unbranched alkanes of at least 4 members (excludes halogenated alkanes) is 1. The van der Waals surface area contributed by atoms with Crippen molar-refractivity contribution in [2.45, 2.75) is 42.2 Å². The lowest BCUT2D eigenvalue weighted by Gasteiger charge is -2.11. The van der Waals surface area contributed by atoms with Crippen LogP contribution in [-0.2, 0) is 29.5 Å². The Balaban J connectivity index is 0.894. The molecule has 2 N–H and O–H groups in total. The Bertz CT molecular complexity index is 2580. The summed E-state index contributed by atoms with van der Waals surface area (Å²) in [6, 6.07) is 34.8. The van der Waals surface area contributed by atoms with Crippen LogP contribution in [0.3, 0.4) is 0 Å². The van der Waals surface area contributed by atoms with Gasteiger partial charge in [0.2, 0.25) is 29.5 Å². The van der Waals surface area contributed by atoms with E-state index in [9.17, 15) is 35.5 Å². The molecule has 0 bridgehead atoms. The molecule has 0 amide bonds. The number of aromatic hydroxyl groups is 2. The van der Waals surface area contributed by atoms with Crippen LogP contribution in [0.25, 0.3) is 0 Å². The second kappa shape index (κ2) is 17.8. The quantitative estimate of drug-likeness (QED) is 0.0828. The minimum absolute atomic E-state index is 0.0180. The number of ether oxygens (including phenoxy) is 4. The van der Waals surface area contributed by atoms with Crippen molar-refractivity contribution in [1.29, 1.82) is 0 Å². The van der Waals surface area contributed by atoms with Gasteiger partial charge in [0, 0.05) is 0 Å². The minimum Gasteiger partial charge on any atom is -0.508 e. The maximum atomic E-state index is 13.2.